The number of nitrogens with zero attached hydrogens (tertiary/aromatic N) is 2. The molecule has 0 saturated heterocycles. The predicted octanol–water partition coefficient (Wildman–Crippen LogP) is 2.66. The Morgan fingerprint density at radius 1 is 0.862 bits per heavy atom. The Labute approximate surface area is 169 Å². The van der Waals surface area contributed by atoms with Gasteiger partial charge in [-0.05, 0) is 16.7 Å². The third-order valence-corrected chi connectivity index (χ3v) is 4.61. The lowest BCUT2D eigenvalue weighted by molar-refractivity contribution is -0.525. The highest BCUT2D eigenvalue weighted by Crippen LogP contribution is 2.36. The molecule has 0 aliphatic heterocycles. The van der Waals surface area contributed by atoms with Crippen LogP contribution in [0.2, 0.25) is 0 Å². The van der Waals surface area contributed by atoms with Gasteiger partial charge in [0.2, 0.25) is 0 Å². The Morgan fingerprint density at radius 3 is 1.66 bits per heavy atom. The molecule has 29 heavy (non-hydrogen) atoms. The summed E-state index contributed by atoms with van der Waals surface area (Å²) < 4.78 is 0. The van der Waals surface area contributed by atoms with E-state index in [1.54, 1.807) is 0 Å². The van der Waals surface area contributed by atoms with Gasteiger partial charge in [0.1, 0.15) is 0 Å². The van der Waals surface area contributed by atoms with Crippen molar-refractivity contribution in [1.82, 2.24) is 10.7 Å². The first kappa shape index (κ1) is 20.0. The Hall–Kier alpha value is -3.71. The SMILES string of the molecule is NC(=NCCNC(c1ccccc1)(c1ccccc1)c1ccccc1)N[N+](=O)[O-]. The average molecular weight is 389 g/mol. The van der Waals surface area contributed by atoms with Gasteiger partial charge in [-0.25, -0.2) is 15.1 Å². The largest absolute Gasteiger partial charge is 0.365 e. The van der Waals surface area contributed by atoms with Crippen molar-refractivity contribution in [2.45, 2.75) is 5.54 Å². The smallest absolute Gasteiger partial charge is 0.251 e. The topological polar surface area (TPSA) is 106 Å². The molecule has 0 heterocycles. The van der Waals surface area contributed by atoms with Gasteiger partial charge in [-0.1, -0.05) is 96.4 Å². The van der Waals surface area contributed by atoms with Crippen LogP contribution < -0.4 is 16.5 Å². The maximum Gasteiger partial charge on any atom is 0.251 e. The number of hydrazine groups is 1. The summed E-state index contributed by atoms with van der Waals surface area (Å²) >= 11 is 0. The van der Waals surface area contributed by atoms with Gasteiger partial charge in [0.05, 0.1) is 12.1 Å². The van der Waals surface area contributed by atoms with Crippen molar-refractivity contribution < 1.29 is 5.03 Å². The summed E-state index contributed by atoms with van der Waals surface area (Å²) in [7, 11) is 0. The molecule has 3 aromatic rings. The number of aliphatic imine (C=N–C) groups is 1. The molecule has 3 rings (SSSR count). The molecule has 0 radical (unpaired) electrons. The molecule has 0 saturated carbocycles. The molecule has 0 bridgehead atoms. The van der Waals surface area contributed by atoms with Crippen molar-refractivity contribution in [2.24, 2.45) is 10.7 Å². The number of nitrogens with two attached hydrogens (primary N) is 1. The number of hydrogen-bond acceptors (Lipinski definition) is 4. The van der Waals surface area contributed by atoms with E-state index in [2.05, 4.69) is 46.7 Å². The number of guanidine groups is 1. The van der Waals surface area contributed by atoms with Crippen LogP contribution >= 0.6 is 0 Å². The number of nitrogens with one attached hydrogen (secondary N) is 2. The fraction of sp³-hybridized carbons (Fsp3) is 0.136. The summed E-state index contributed by atoms with van der Waals surface area (Å²) in [5.41, 5.74) is 10.0. The van der Waals surface area contributed by atoms with Gasteiger partial charge in [-0.15, -0.1) is 0 Å². The lowest BCUT2D eigenvalue weighted by Gasteiger charge is -2.37. The van der Waals surface area contributed by atoms with Gasteiger partial charge in [-0.2, -0.15) is 0 Å². The van der Waals surface area contributed by atoms with E-state index in [0.29, 0.717) is 6.54 Å². The monoisotopic (exact) mass is 389 g/mol. The number of benzene rings is 3. The van der Waals surface area contributed by atoms with Crippen molar-refractivity contribution >= 4 is 5.96 Å². The summed E-state index contributed by atoms with van der Waals surface area (Å²) in [6.45, 7) is 0.736. The average Bonchev–Trinajstić information content (AvgIpc) is 2.75. The van der Waals surface area contributed by atoms with Gasteiger partial charge in [0.25, 0.3) is 5.96 Å². The maximum atomic E-state index is 10.5. The molecule has 0 aliphatic rings. The molecule has 0 fully saturated rings. The second kappa shape index (κ2) is 9.48. The molecular formula is C22H23N5O2. The van der Waals surface area contributed by atoms with Gasteiger partial charge in [0, 0.05) is 6.54 Å². The van der Waals surface area contributed by atoms with Gasteiger partial charge < -0.3 is 5.73 Å². The van der Waals surface area contributed by atoms with E-state index in [-0.39, 0.29) is 12.5 Å². The number of rotatable bonds is 8. The van der Waals surface area contributed by atoms with Crippen molar-refractivity contribution in [3.8, 4) is 0 Å². The highest BCUT2D eigenvalue weighted by atomic mass is 16.7. The van der Waals surface area contributed by atoms with E-state index < -0.39 is 10.6 Å². The van der Waals surface area contributed by atoms with E-state index in [1.165, 1.54) is 0 Å². The van der Waals surface area contributed by atoms with Gasteiger partial charge in [0.15, 0.2) is 5.03 Å². The van der Waals surface area contributed by atoms with E-state index in [0.717, 1.165) is 16.7 Å². The van der Waals surface area contributed by atoms with Crippen LogP contribution in [0.4, 0.5) is 0 Å². The molecule has 0 atom stereocenters. The zero-order chi connectivity index (χ0) is 20.5. The fourth-order valence-corrected chi connectivity index (χ4v) is 3.42. The molecule has 7 nitrogen and oxygen atoms in total. The molecule has 0 amide bonds. The van der Waals surface area contributed by atoms with Crippen LogP contribution in [-0.4, -0.2) is 24.1 Å². The molecule has 148 valence electrons. The molecule has 4 N–H and O–H groups in total. The molecule has 0 spiro atoms. The minimum absolute atomic E-state index is 0.221. The summed E-state index contributed by atoms with van der Waals surface area (Å²) in [5, 5.41) is 13.4. The summed E-state index contributed by atoms with van der Waals surface area (Å²) in [4.78, 5) is 14.5. The van der Waals surface area contributed by atoms with E-state index in [4.69, 9.17) is 5.73 Å². The van der Waals surface area contributed by atoms with Gasteiger partial charge >= 0.3 is 0 Å². The van der Waals surface area contributed by atoms with Crippen molar-refractivity contribution in [3.63, 3.8) is 0 Å². The third-order valence-electron chi connectivity index (χ3n) is 4.61. The van der Waals surface area contributed by atoms with E-state index >= 15 is 0 Å². The fourth-order valence-electron chi connectivity index (χ4n) is 3.42. The third kappa shape index (κ3) is 4.77. The minimum atomic E-state index is -0.728. The van der Waals surface area contributed by atoms with Crippen LogP contribution in [0.3, 0.4) is 0 Å². The van der Waals surface area contributed by atoms with Crippen molar-refractivity contribution in [3.05, 3.63) is 118 Å². The minimum Gasteiger partial charge on any atom is -0.365 e. The first-order valence-corrected chi connectivity index (χ1v) is 9.25. The van der Waals surface area contributed by atoms with Crippen LogP contribution in [0, 0.1) is 10.1 Å². The molecule has 0 unspecified atom stereocenters. The van der Waals surface area contributed by atoms with Crippen LogP contribution in [0.25, 0.3) is 0 Å². The number of hydrogen-bond donors (Lipinski definition) is 3. The zero-order valence-electron chi connectivity index (χ0n) is 15.9. The summed E-state index contributed by atoms with van der Waals surface area (Å²) in [6.07, 6.45) is 0. The Balaban J connectivity index is 2.00. The first-order valence-electron chi connectivity index (χ1n) is 9.25. The predicted molar refractivity (Wildman–Crippen MR) is 114 cm³/mol. The highest BCUT2D eigenvalue weighted by molar-refractivity contribution is 5.76. The Kier molecular flexibility index (Phi) is 6.55. The maximum absolute atomic E-state index is 10.5. The molecule has 7 heteroatoms. The molecule has 0 aliphatic carbocycles. The summed E-state index contributed by atoms with van der Waals surface area (Å²) in [6, 6.07) is 30.5. The van der Waals surface area contributed by atoms with Crippen LogP contribution in [0.5, 0.6) is 0 Å². The van der Waals surface area contributed by atoms with Gasteiger partial charge in [-0.3, -0.25) is 5.32 Å². The van der Waals surface area contributed by atoms with Crippen LogP contribution in [0.1, 0.15) is 16.7 Å². The van der Waals surface area contributed by atoms with Crippen LogP contribution in [0.15, 0.2) is 96.0 Å². The standard InChI is InChI=1S/C22H23N5O2/c23-21(26-27(28)29)24-16-17-25-22(18-10-4-1-5-11-18,19-12-6-2-7-13-19)20-14-8-3-9-15-20/h1-15,25H,16-17H2,(H3,23,24,26). The lowest BCUT2D eigenvalue weighted by Crippen LogP contribution is -2.46. The van der Waals surface area contributed by atoms with E-state index in [1.807, 2.05) is 60.0 Å². The molecular weight excluding hydrogens is 366 g/mol. The Bertz CT molecular complexity index is 850. The van der Waals surface area contributed by atoms with Crippen molar-refractivity contribution in [2.75, 3.05) is 13.1 Å². The normalized spacial score (nSPS) is 11.8. The quantitative estimate of drug-likeness (QED) is 0.137. The number of nitro groups is 1. The molecule has 0 aromatic heterocycles. The van der Waals surface area contributed by atoms with E-state index in [9.17, 15) is 10.1 Å². The second-order valence-corrected chi connectivity index (χ2v) is 6.41. The zero-order valence-corrected chi connectivity index (χ0v) is 15.9. The van der Waals surface area contributed by atoms with Crippen molar-refractivity contribution in [1.29, 1.82) is 0 Å². The second-order valence-electron chi connectivity index (χ2n) is 6.41. The lowest BCUT2D eigenvalue weighted by atomic mass is 9.77. The Morgan fingerprint density at radius 2 is 1.28 bits per heavy atom. The first-order chi connectivity index (χ1) is 14.1. The van der Waals surface area contributed by atoms with Crippen LogP contribution in [-0.2, 0) is 5.54 Å². The summed E-state index contributed by atoms with van der Waals surface area (Å²) in [5.74, 6) is -0.221. The highest BCUT2D eigenvalue weighted by Gasteiger charge is 2.35. The molecule has 3 aromatic carbocycles.